The summed E-state index contributed by atoms with van der Waals surface area (Å²) in [5.41, 5.74) is 4.70. The van der Waals surface area contributed by atoms with Gasteiger partial charge in [-0.1, -0.05) is 39.7 Å². The summed E-state index contributed by atoms with van der Waals surface area (Å²) >= 11 is 10.1. The highest BCUT2D eigenvalue weighted by atomic mass is 79.9. The summed E-state index contributed by atoms with van der Waals surface area (Å²) in [6, 6.07) is 9.89. The Bertz CT molecular complexity index is 1350. The smallest absolute Gasteiger partial charge is 0.254 e. The van der Waals surface area contributed by atoms with Gasteiger partial charge in [-0.2, -0.15) is 0 Å². The maximum atomic E-state index is 13.8. The van der Waals surface area contributed by atoms with Crippen molar-refractivity contribution in [3.63, 3.8) is 0 Å². The minimum absolute atomic E-state index is 0.0734. The number of anilines is 1. The number of amides is 3. The van der Waals surface area contributed by atoms with Crippen LogP contribution in [0.25, 0.3) is 0 Å². The van der Waals surface area contributed by atoms with E-state index in [1.807, 2.05) is 65.8 Å². The summed E-state index contributed by atoms with van der Waals surface area (Å²) in [5, 5.41) is 0.663. The lowest BCUT2D eigenvalue weighted by Crippen LogP contribution is -2.44. The summed E-state index contributed by atoms with van der Waals surface area (Å²) in [6.07, 6.45) is 2.25. The number of hydrogen-bond acceptors (Lipinski definition) is 4. The number of hydrogen-bond donors (Lipinski definition) is 0. The molecular weight excluding hydrogens is 616 g/mol. The Kier molecular flexibility index (Phi) is 9.65. The van der Waals surface area contributed by atoms with Crippen LogP contribution in [0.15, 0.2) is 34.8 Å². The van der Waals surface area contributed by atoms with Crippen LogP contribution in [-0.4, -0.2) is 84.8 Å². The molecule has 226 valence electrons. The van der Waals surface area contributed by atoms with E-state index in [4.69, 9.17) is 11.6 Å². The maximum absolute atomic E-state index is 13.8. The Morgan fingerprint density at radius 3 is 2.19 bits per heavy atom. The Morgan fingerprint density at radius 2 is 1.57 bits per heavy atom. The first kappa shape index (κ1) is 31.0. The van der Waals surface area contributed by atoms with Crippen molar-refractivity contribution in [2.45, 2.75) is 47.0 Å². The predicted octanol–water partition coefficient (Wildman–Crippen LogP) is 5.71. The highest BCUT2D eigenvalue weighted by molar-refractivity contribution is 9.10. The lowest BCUT2D eigenvalue weighted by Gasteiger charge is -2.34. The minimum Gasteiger partial charge on any atom is -0.343 e. The molecule has 9 heteroatoms. The first-order chi connectivity index (χ1) is 20.0. The van der Waals surface area contributed by atoms with E-state index >= 15 is 0 Å². The molecule has 0 spiro atoms. The van der Waals surface area contributed by atoms with Crippen LogP contribution in [0.1, 0.15) is 53.2 Å². The van der Waals surface area contributed by atoms with E-state index in [9.17, 15) is 14.4 Å². The van der Waals surface area contributed by atoms with Gasteiger partial charge in [0.25, 0.3) is 5.91 Å². The molecule has 0 radical (unpaired) electrons. The SMILES string of the molecule is CC(=O)N1CCC(C(=O)N(CCCN2CC3CN(C(=O)c4c(C)ccc(Br)c4C)CC3C2)c2ccc(C)c(Cl)c2)CC1. The van der Waals surface area contributed by atoms with Crippen LogP contribution in [-0.2, 0) is 9.59 Å². The number of benzene rings is 2. The molecule has 0 N–H and O–H groups in total. The van der Waals surface area contributed by atoms with Crippen LogP contribution in [0.2, 0.25) is 5.02 Å². The Hall–Kier alpha value is -2.42. The van der Waals surface area contributed by atoms with Gasteiger partial charge in [0, 0.05) is 79.4 Å². The maximum Gasteiger partial charge on any atom is 0.254 e. The highest BCUT2D eigenvalue weighted by Gasteiger charge is 2.42. The second-order valence-electron chi connectivity index (χ2n) is 12.4. The fourth-order valence-electron chi connectivity index (χ4n) is 6.98. The molecule has 2 aromatic rings. The second kappa shape index (κ2) is 13.1. The number of fused-ring (bicyclic) bond motifs is 1. The van der Waals surface area contributed by atoms with Gasteiger partial charge in [-0.3, -0.25) is 14.4 Å². The zero-order chi connectivity index (χ0) is 30.1. The molecule has 42 heavy (non-hydrogen) atoms. The number of likely N-dealkylation sites (tertiary alicyclic amines) is 3. The topological polar surface area (TPSA) is 64.2 Å². The third-order valence-corrected chi connectivity index (χ3v) is 10.8. The van der Waals surface area contributed by atoms with Crippen molar-refractivity contribution in [3.05, 3.63) is 62.1 Å². The quantitative estimate of drug-likeness (QED) is 0.383. The number of halogens is 2. The summed E-state index contributed by atoms with van der Waals surface area (Å²) in [5.74, 6) is 1.23. The van der Waals surface area contributed by atoms with Gasteiger partial charge in [-0.15, -0.1) is 0 Å². The van der Waals surface area contributed by atoms with Crippen molar-refractivity contribution >= 4 is 50.9 Å². The first-order valence-corrected chi connectivity index (χ1v) is 16.3. The molecular formula is C33H42BrClN4O3. The molecule has 0 saturated carbocycles. The summed E-state index contributed by atoms with van der Waals surface area (Å²) in [4.78, 5) is 47.3. The second-order valence-corrected chi connectivity index (χ2v) is 13.7. The predicted molar refractivity (Wildman–Crippen MR) is 171 cm³/mol. The molecule has 2 aromatic carbocycles. The molecule has 3 fully saturated rings. The van der Waals surface area contributed by atoms with E-state index in [0.29, 0.717) is 49.3 Å². The summed E-state index contributed by atoms with van der Waals surface area (Å²) in [6.45, 7) is 14.0. The van der Waals surface area contributed by atoms with Crippen molar-refractivity contribution in [1.29, 1.82) is 0 Å². The molecule has 3 saturated heterocycles. The van der Waals surface area contributed by atoms with Gasteiger partial charge in [0.2, 0.25) is 11.8 Å². The Balaban J connectivity index is 1.17. The monoisotopic (exact) mass is 656 g/mol. The van der Waals surface area contributed by atoms with Crippen LogP contribution in [0.5, 0.6) is 0 Å². The standard InChI is InChI=1S/C33H42BrClN4O3/c1-21-6-8-28(16-30(21)35)39(32(41)25-10-14-37(15-11-25)24(4)40)13-5-12-36-17-26-19-38(20-27(26)18-36)33(42)31-22(2)7-9-29(34)23(31)3/h6-9,16,25-27H,5,10-15,17-20H2,1-4H3. The van der Waals surface area contributed by atoms with E-state index in [0.717, 1.165) is 71.6 Å². The van der Waals surface area contributed by atoms with Gasteiger partial charge < -0.3 is 19.6 Å². The summed E-state index contributed by atoms with van der Waals surface area (Å²) in [7, 11) is 0. The fraction of sp³-hybridized carbons (Fsp3) is 0.545. The molecule has 0 bridgehead atoms. The third kappa shape index (κ3) is 6.56. The van der Waals surface area contributed by atoms with E-state index in [-0.39, 0.29) is 23.6 Å². The zero-order valence-electron chi connectivity index (χ0n) is 25.2. The van der Waals surface area contributed by atoms with Crippen LogP contribution in [0.4, 0.5) is 5.69 Å². The van der Waals surface area contributed by atoms with E-state index < -0.39 is 0 Å². The average molecular weight is 658 g/mol. The van der Waals surface area contributed by atoms with Crippen molar-refractivity contribution in [2.24, 2.45) is 17.8 Å². The third-order valence-electron chi connectivity index (χ3n) is 9.55. The lowest BCUT2D eigenvalue weighted by molar-refractivity contribution is -0.133. The molecule has 2 unspecified atom stereocenters. The number of carbonyl (C=O) groups excluding carboxylic acids is 3. The Labute approximate surface area is 263 Å². The number of nitrogens with zero attached hydrogens (tertiary/aromatic N) is 4. The largest absolute Gasteiger partial charge is 0.343 e. The van der Waals surface area contributed by atoms with Crippen molar-refractivity contribution in [3.8, 4) is 0 Å². The molecule has 0 aliphatic carbocycles. The van der Waals surface area contributed by atoms with Crippen molar-refractivity contribution in [2.75, 3.05) is 57.3 Å². The van der Waals surface area contributed by atoms with Gasteiger partial charge in [0.1, 0.15) is 0 Å². The highest BCUT2D eigenvalue weighted by Crippen LogP contribution is 2.34. The van der Waals surface area contributed by atoms with Crippen molar-refractivity contribution in [1.82, 2.24) is 14.7 Å². The van der Waals surface area contributed by atoms with Crippen LogP contribution >= 0.6 is 27.5 Å². The van der Waals surface area contributed by atoms with Gasteiger partial charge in [0.05, 0.1) is 0 Å². The van der Waals surface area contributed by atoms with Crippen LogP contribution in [0.3, 0.4) is 0 Å². The molecule has 7 nitrogen and oxygen atoms in total. The first-order valence-electron chi connectivity index (χ1n) is 15.1. The molecule has 0 aromatic heterocycles. The lowest BCUT2D eigenvalue weighted by atomic mass is 9.94. The van der Waals surface area contributed by atoms with Gasteiger partial charge in [-0.05, 0) is 93.3 Å². The molecule has 3 amide bonds. The van der Waals surface area contributed by atoms with Crippen LogP contribution < -0.4 is 4.90 Å². The molecule has 5 rings (SSSR count). The van der Waals surface area contributed by atoms with Crippen molar-refractivity contribution < 1.29 is 14.4 Å². The van der Waals surface area contributed by atoms with Crippen LogP contribution in [0, 0.1) is 38.5 Å². The summed E-state index contributed by atoms with van der Waals surface area (Å²) < 4.78 is 0.976. The molecule has 3 heterocycles. The molecule has 2 atom stereocenters. The Morgan fingerprint density at radius 1 is 0.929 bits per heavy atom. The van der Waals surface area contributed by atoms with Gasteiger partial charge in [0.15, 0.2) is 0 Å². The molecule has 3 aliphatic rings. The fourth-order valence-corrected chi connectivity index (χ4v) is 7.48. The van der Waals surface area contributed by atoms with E-state index in [2.05, 4.69) is 20.8 Å². The normalized spacial score (nSPS) is 21.1. The van der Waals surface area contributed by atoms with E-state index in [1.54, 1.807) is 6.92 Å². The van der Waals surface area contributed by atoms with E-state index in [1.165, 1.54) is 0 Å². The minimum atomic E-state index is -0.0900. The zero-order valence-corrected chi connectivity index (χ0v) is 27.5. The number of piperidine rings is 1. The number of rotatable bonds is 7. The van der Waals surface area contributed by atoms with Gasteiger partial charge in [-0.25, -0.2) is 0 Å². The number of carbonyl (C=O) groups is 3. The van der Waals surface area contributed by atoms with Gasteiger partial charge >= 0.3 is 0 Å². The average Bonchev–Trinajstić information content (AvgIpc) is 3.54. The molecule has 3 aliphatic heterocycles. The number of aryl methyl sites for hydroxylation is 2.